The quantitative estimate of drug-likeness (QED) is 0.425. The van der Waals surface area contributed by atoms with Crippen LogP contribution >= 0.6 is 23.1 Å². The van der Waals surface area contributed by atoms with Crippen molar-refractivity contribution in [3.05, 3.63) is 54.6 Å². The van der Waals surface area contributed by atoms with E-state index in [2.05, 4.69) is 20.8 Å². The third-order valence-electron chi connectivity index (χ3n) is 4.73. The Bertz CT molecular complexity index is 1000. The van der Waals surface area contributed by atoms with Crippen LogP contribution in [-0.4, -0.2) is 27.8 Å². The molecule has 0 atom stereocenters. The second kappa shape index (κ2) is 9.19. The molecule has 148 valence electrons. The number of carbonyl (C=O) groups is 2. The van der Waals surface area contributed by atoms with Gasteiger partial charge in [0.05, 0.1) is 5.75 Å². The van der Waals surface area contributed by atoms with Crippen LogP contribution in [0.5, 0.6) is 0 Å². The summed E-state index contributed by atoms with van der Waals surface area (Å²) >= 11 is 2.60. The number of aromatic nitrogens is 2. The monoisotopic (exact) mass is 424 g/mol. The van der Waals surface area contributed by atoms with Crippen LogP contribution in [-0.2, 0) is 9.59 Å². The summed E-state index contributed by atoms with van der Waals surface area (Å²) in [5.41, 5.74) is 2.80. The van der Waals surface area contributed by atoms with Gasteiger partial charge < -0.3 is 10.6 Å². The highest BCUT2D eigenvalue weighted by atomic mass is 32.2. The number of hydrogen-bond donors (Lipinski definition) is 2. The zero-order valence-electron chi connectivity index (χ0n) is 15.6. The van der Waals surface area contributed by atoms with Gasteiger partial charge in [-0.25, -0.2) is 0 Å². The first-order valence-corrected chi connectivity index (χ1v) is 11.2. The maximum absolute atomic E-state index is 12.4. The summed E-state index contributed by atoms with van der Waals surface area (Å²) in [6, 6.07) is 17.7. The van der Waals surface area contributed by atoms with E-state index in [0.717, 1.165) is 36.1 Å². The predicted octanol–water partition coefficient (Wildman–Crippen LogP) is 4.67. The number of carbonyl (C=O) groups excluding carboxylic acids is 2. The molecule has 0 radical (unpaired) electrons. The highest BCUT2D eigenvalue weighted by molar-refractivity contribution is 8.01. The summed E-state index contributed by atoms with van der Waals surface area (Å²) in [6.07, 6.45) is 2.99. The maximum atomic E-state index is 12.4. The van der Waals surface area contributed by atoms with Crippen LogP contribution in [0, 0.1) is 5.92 Å². The van der Waals surface area contributed by atoms with Crippen molar-refractivity contribution in [1.29, 1.82) is 0 Å². The van der Waals surface area contributed by atoms with E-state index < -0.39 is 0 Å². The van der Waals surface area contributed by atoms with Gasteiger partial charge in [-0.2, -0.15) is 0 Å². The van der Waals surface area contributed by atoms with E-state index in [1.807, 2.05) is 54.6 Å². The summed E-state index contributed by atoms with van der Waals surface area (Å²) in [5, 5.41) is 14.3. The van der Waals surface area contributed by atoms with Gasteiger partial charge in [0, 0.05) is 17.2 Å². The van der Waals surface area contributed by atoms with Crippen molar-refractivity contribution in [2.24, 2.45) is 5.92 Å². The first kappa shape index (κ1) is 19.6. The van der Waals surface area contributed by atoms with E-state index in [-0.39, 0.29) is 23.5 Å². The normalized spacial score (nSPS) is 13.5. The Morgan fingerprint density at radius 1 is 1.00 bits per heavy atom. The molecule has 1 saturated carbocycles. The third kappa shape index (κ3) is 5.02. The van der Waals surface area contributed by atoms with Gasteiger partial charge in [-0.05, 0) is 24.5 Å². The van der Waals surface area contributed by atoms with E-state index in [1.165, 1.54) is 23.1 Å². The largest absolute Gasteiger partial charge is 0.325 e. The van der Waals surface area contributed by atoms with E-state index >= 15 is 0 Å². The van der Waals surface area contributed by atoms with Gasteiger partial charge >= 0.3 is 0 Å². The first-order valence-electron chi connectivity index (χ1n) is 9.40. The fourth-order valence-corrected chi connectivity index (χ4v) is 4.53. The highest BCUT2D eigenvalue weighted by Gasteiger charge is 2.26. The number of anilines is 2. The molecular weight excluding hydrogens is 404 g/mol. The van der Waals surface area contributed by atoms with Gasteiger partial charge in [-0.1, -0.05) is 78.1 Å². The molecule has 1 aromatic heterocycles. The van der Waals surface area contributed by atoms with E-state index in [0.29, 0.717) is 9.47 Å². The Kier molecular flexibility index (Phi) is 6.21. The van der Waals surface area contributed by atoms with E-state index in [1.54, 1.807) is 0 Å². The van der Waals surface area contributed by atoms with Crippen molar-refractivity contribution in [3.63, 3.8) is 0 Å². The van der Waals surface area contributed by atoms with Gasteiger partial charge in [0.15, 0.2) is 4.34 Å². The topological polar surface area (TPSA) is 84.0 Å². The highest BCUT2D eigenvalue weighted by Crippen LogP contribution is 2.31. The van der Waals surface area contributed by atoms with E-state index in [4.69, 9.17) is 0 Å². The van der Waals surface area contributed by atoms with Gasteiger partial charge in [-0.3, -0.25) is 9.59 Å². The molecule has 1 aliphatic carbocycles. The molecule has 0 spiro atoms. The molecule has 8 heteroatoms. The van der Waals surface area contributed by atoms with Gasteiger partial charge in [0.1, 0.15) is 0 Å². The molecule has 4 rings (SSSR count). The Morgan fingerprint density at radius 3 is 2.52 bits per heavy atom. The van der Waals surface area contributed by atoms with Crippen LogP contribution in [0.3, 0.4) is 0 Å². The molecule has 3 aromatic rings. The standard InChI is InChI=1S/C21H20N4O2S2/c26-18(22-17-12-5-4-11-16(17)14-7-2-1-3-8-14)13-28-21-25-24-20(29-21)23-19(27)15-9-6-10-15/h1-5,7-8,11-12,15H,6,9-10,13H2,(H,22,26)(H,23,24,27). The maximum Gasteiger partial charge on any atom is 0.234 e. The Balaban J connectivity index is 1.33. The third-order valence-corrected chi connectivity index (χ3v) is 6.70. The van der Waals surface area contributed by atoms with E-state index in [9.17, 15) is 9.59 Å². The molecular formula is C21H20N4O2S2. The number of amides is 2. The lowest BCUT2D eigenvalue weighted by molar-refractivity contribution is -0.122. The van der Waals surface area contributed by atoms with Crippen LogP contribution < -0.4 is 10.6 Å². The number of hydrogen-bond acceptors (Lipinski definition) is 6. The molecule has 0 bridgehead atoms. The Morgan fingerprint density at radius 2 is 1.76 bits per heavy atom. The van der Waals surface area contributed by atoms with Crippen LogP contribution in [0.4, 0.5) is 10.8 Å². The number of nitrogens with one attached hydrogen (secondary N) is 2. The second-order valence-corrected chi connectivity index (χ2v) is 8.94. The number of benzene rings is 2. The molecule has 2 N–H and O–H groups in total. The SMILES string of the molecule is O=C(CSc1nnc(NC(=O)C2CCC2)s1)Nc1ccccc1-c1ccccc1. The van der Waals surface area contributed by atoms with Crippen molar-refractivity contribution >= 4 is 45.7 Å². The number of rotatable bonds is 7. The van der Waals surface area contributed by atoms with Crippen LogP contribution in [0.15, 0.2) is 58.9 Å². The van der Waals surface area contributed by atoms with Gasteiger partial charge in [0.25, 0.3) is 0 Å². The number of thioether (sulfide) groups is 1. The molecule has 0 unspecified atom stereocenters. The zero-order valence-corrected chi connectivity index (χ0v) is 17.3. The van der Waals surface area contributed by atoms with Crippen molar-refractivity contribution in [1.82, 2.24) is 10.2 Å². The van der Waals surface area contributed by atoms with Gasteiger partial charge in [-0.15, -0.1) is 10.2 Å². The smallest absolute Gasteiger partial charge is 0.234 e. The van der Waals surface area contributed by atoms with Crippen molar-refractivity contribution < 1.29 is 9.59 Å². The minimum Gasteiger partial charge on any atom is -0.325 e. The predicted molar refractivity (Wildman–Crippen MR) is 117 cm³/mol. The molecule has 1 heterocycles. The molecule has 0 saturated heterocycles. The number of nitrogens with zero attached hydrogens (tertiary/aromatic N) is 2. The summed E-state index contributed by atoms with van der Waals surface area (Å²) in [7, 11) is 0. The van der Waals surface area contributed by atoms with Gasteiger partial charge in [0.2, 0.25) is 16.9 Å². The zero-order chi connectivity index (χ0) is 20.1. The molecule has 0 aliphatic heterocycles. The molecule has 2 aromatic carbocycles. The summed E-state index contributed by atoms with van der Waals surface area (Å²) in [5.74, 6) is 0.215. The van der Waals surface area contributed by atoms with Crippen LogP contribution in [0.25, 0.3) is 11.1 Å². The second-order valence-electron chi connectivity index (χ2n) is 6.74. The fourth-order valence-electron chi connectivity index (χ4n) is 2.97. The van der Waals surface area contributed by atoms with Crippen molar-refractivity contribution in [2.45, 2.75) is 23.6 Å². The summed E-state index contributed by atoms with van der Waals surface area (Å²) in [6.45, 7) is 0. The minimum atomic E-state index is -0.117. The average Bonchev–Trinajstić information content (AvgIpc) is 3.13. The minimum absolute atomic E-state index is 0.0132. The molecule has 2 amide bonds. The Labute approximate surface area is 177 Å². The lowest BCUT2D eigenvalue weighted by Gasteiger charge is -2.23. The van der Waals surface area contributed by atoms with Crippen LogP contribution in [0.1, 0.15) is 19.3 Å². The summed E-state index contributed by atoms with van der Waals surface area (Å²) in [4.78, 5) is 24.4. The Hall–Kier alpha value is -2.71. The first-order chi connectivity index (χ1) is 14.2. The van der Waals surface area contributed by atoms with Crippen molar-refractivity contribution in [3.8, 4) is 11.1 Å². The number of para-hydroxylation sites is 1. The fraction of sp³-hybridized carbons (Fsp3) is 0.238. The summed E-state index contributed by atoms with van der Waals surface area (Å²) < 4.78 is 0.653. The molecule has 1 aliphatic rings. The lowest BCUT2D eigenvalue weighted by Crippen LogP contribution is -2.27. The average molecular weight is 425 g/mol. The molecule has 6 nitrogen and oxygen atoms in total. The lowest BCUT2D eigenvalue weighted by atomic mass is 9.85. The van der Waals surface area contributed by atoms with Crippen LogP contribution in [0.2, 0.25) is 0 Å². The molecule has 1 fully saturated rings. The van der Waals surface area contributed by atoms with Crippen molar-refractivity contribution in [2.75, 3.05) is 16.4 Å². The molecule has 29 heavy (non-hydrogen) atoms.